The number of amides is 2. The topological polar surface area (TPSA) is 76.7 Å². The summed E-state index contributed by atoms with van der Waals surface area (Å²) in [6, 6.07) is 31.0. The molecular formula is C28H26N2O4. The monoisotopic (exact) mass is 454 g/mol. The van der Waals surface area contributed by atoms with Crippen molar-refractivity contribution in [2.75, 3.05) is 6.61 Å². The third kappa shape index (κ3) is 5.92. The van der Waals surface area contributed by atoms with Crippen LogP contribution in [0.4, 0.5) is 0 Å². The lowest BCUT2D eigenvalue weighted by Crippen LogP contribution is -2.49. The van der Waals surface area contributed by atoms with Gasteiger partial charge in [-0.15, -0.1) is 0 Å². The van der Waals surface area contributed by atoms with Gasteiger partial charge in [0.15, 0.2) is 12.7 Å². The lowest BCUT2D eigenvalue weighted by Gasteiger charge is -2.18. The van der Waals surface area contributed by atoms with E-state index < -0.39 is 17.9 Å². The highest BCUT2D eigenvalue weighted by Crippen LogP contribution is 2.23. The third-order valence-electron chi connectivity index (χ3n) is 5.32. The van der Waals surface area contributed by atoms with Gasteiger partial charge in [-0.3, -0.25) is 20.4 Å². The number of hydrogen-bond donors (Lipinski definition) is 2. The van der Waals surface area contributed by atoms with E-state index in [1.807, 2.05) is 97.9 Å². The van der Waals surface area contributed by atoms with Gasteiger partial charge in [-0.25, -0.2) is 0 Å². The first-order valence-electron chi connectivity index (χ1n) is 11.1. The summed E-state index contributed by atoms with van der Waals surface area (Å²) in [4.78, 5) is 24.6. The van der Waals surface area contributed by atoms with Crippen LogP contribution < -0.4 is 20.3 Å². The maximum absolute atomic E-state index is 12.5. The van der Waals surface area contributed by atoms with Crippen LogP contribution in [0.2, 0.25) is 0 Å². The third-order valence-corrected chi connectivity index (χ3v) is 5.32. The van der Waals surface area contributed by atoms with E-state index in [1.165, 1.54) is 0 Å². The second kappa shape index (κ2) is 11.0. The minimum Gasteiger partial charge on any atom is -0.484 e. The fourth-order valence-electron chi connectivity index (χ4n) is 3.50. The molecule has 34 heavy (non-hydrogen) atoms. The maximum Gasteiger partial charge on any atom is 0.279 e. The average Bonchev–Trinajstić information content (AvgIpc) is 2.90. The van der Waals surface area contributed by atoms with Crippen molar-refractivity contribution in [2.24, 2.45) is 0 Å². The first-order valence-corrected chi connectivity index (χ1v) is 11.1. The van der Waals surface area contributed by atoms with E-state index >= 15 is 0 Å². The number of rotatable bonds is 8. The van der Waals surface area contributed by atoms with Gasteiger partial charge in [-0.1, -0.05) is 79.7 Å². The summed E-state index contributed by atoms with van der Waals surface area (Å²) in [5.74, 6) is 0.249. The van der Waals surface area contributed by atoms with Gasteiger partial charge >= 0.3 is 0 Å². The molecule has 2 amide bonds. The second-order valence-corrected chi connectivity index (χ2v) is 7.74. The summed E-state index contributed by atoms with van der Waals surface area (Å²) in [5.41, 5.74) is 6.95. The van der Waals surface area contributed by atoms with E-state index in [9.17, 15) is 9.59 Å². The van der Waals surface area contributed by atoms with Gasteiger partial charge in [0.1, 0.15) is 11.5 Å². The molecule has 0 aliphatic heterocycles. The predicted molar refractivity (Wildman–Crippen MR) is 132 cm³/mol. The van der Waals surface area contributed by atoms with E-state index in [2.05, 4.69) is 10.9 Å². The van der Waals surface area contributed by atoms with Crippen molar-refractivity contribution in [1.82, 2.24) is 10.9 Å². The van der Waals surface area contributed by atoms with Crippen molar-refractivity contribution in [3.63, 3.8) is 0 Å². The molecule has 0 fully saturated rings. The Kier molecular flexibility index (Phi) is 7.40. The van der Waals surface area contributed by atoms with Crippen LogP contribution in [0.5, 0.6) is 11.5 Å². The number of benzene rings is 4. The summed E-state index contributed by atoms with van der Waals surface area (Å²) in [5, 5.41) is 2.11. The molecule has 6 nitrogen and oxygen atoms in total. The lowest BCUT2D eigenvalue weighted by molar-refractivity contribution is -0.134. The van der Waals surface area contributed by atoms with Gasteiger partial charge in [0.25, 0.3) is 11.8 Å². The zero-order valence-corrected chi connectivity index (χ0v) is 18.9. The summed E-state index contributed by atoms with van der Waals surface area (Å²) in [7, 11) is 0. The maximum atomic E-state index is 12.5. The Balaban J connectivity index is 1.25. The van der Waals surface area contributed by atoms with E-state index in [0.29, 0.717) is 17.9 Å². The van der Waals surface area contributed by atoms with Gasteiger partial charge in [0, 0.05) is 0 Å². The molecule has 6 heteroatoms. The van der Waals surface area contributed by atoms with Crippen LogP contribution in [0.3, 0.4) is 0 Å². The van der Waals surface area contributed by atoms with Gasteiger partial charge in [0.2, 0.25) is 0 Å². The number of hydrazine groups is 1. The number of ether oxygens (including phenoxy) is 2. The highest BCUT2D eigenvalue weighted by Gasteiger charge is 2.19. The molecule has 0 saturated heterocycles. The molecule has 4 rings (SSSR count). The number of carbonyl (C=O) groups is 2. The Labute approximate surface area is 198 Å². The zero-order valence-electron chi connectivity index (χ0n) is 18.9. The molecule has 4 aromatic rings. The molecule has 0 radical (unpaired) electrons. The lowest BCUT2D eigenvalue weighted by atomic mass is 10.1. The predicted octanol–water partition coefficient (Wildman–Crippen LogP) is 4.89. The van der Waals surface area contributed by atoms with E-state index in [4.69, 9.17) is 9.47 Å². The first-order chi connectivity index (χ1) is 16.6. The molecular weight excluding hydrogens is 428 g/mol. The summed E-state index contributed by atoms with van der Waals surface area (Å²) in [6.45, 7) is 1.62. The van der Waals surface area contributed by atoms with Crippen molar-refractivity contribution in [3.8, 4) is 22.6 Å². The van der Waals surface area contributed by atoms with Crippen LogP contribution in [-0.4, -0.2) is 24.5 Å². The Morgan fingerprint density at radius 1 is 0.735 bits per heavy atom. The molecule has 0 aliphatic rings. The Morgan fingerprint density at radius 3 is 2.12 bits per heavy atom. The van der Waals surface area contributed by atoms with Crippen molar-refractivity contribution in [3.05, 3.63) is 97.1 Å². The zero-order chi connectivity index (χ0) is 23.8. The molecule has 0 spiro atoms. The molecule has 0 aromatic heterocycles. The fraction of sp³-hybridized carbons (Fsp3) is 0.143. The van der Waals surface area contributed by atoms with Gasteiger partial charge in [-0.2, -0.15) is 0 Å². The van der Waals surface area contributed by atoms with Gasteiger partial charge < -0.3 is 9.47 Å². The minimum atomic E-state index is -0.746. The van der Waals surface area contributed by atoms with Crippen molar-refractivity contribution in [1.29, 1.82) is 0 Å². The number of fused-ring (bicyclic) bond motifs is 1. The standard InChI is InChI=1S/C28H26N2O4/c1-2-26(34-24-15-12-22(13-16-24)20-8-4-3-5-9-20)28(32)30-29-27(31)19-33-25-17-14-21-10-6-7-11-23(21)18-25/h3-18,26H,2,19H2,1H3,(H,29,31)(H,30,32). The minimum absolute atomic E-state index is 0.225. The molecule has 0 heterocycles. The van der Waals surface area contributed by atoms with Crippen LogP contribution in [0.1, 0.15) is 13.3 Å². The first kappa shape index (κ1) is 22.9. The Bertz CT molecular complexity index is 1260. The largest absolute Gasteiger partial charge is 0.484 e. The summed E-state index contributed by atoms with van der Waals surface area (Å²) >= 11 is 0. The van der Waals surface area contributed by atoms with Crippen LogP contribution in [0.15, 0.2) is 97.1 Å². The van der Waals surface area contributed by atoms with E-state index in [0.717, 1.165) is 21.9 Å². The SMILES string of the molecule is CCC(Oc1ccc(-c2ccccc2)cc1)C(=O)NNC(=O)COc1ccc2ccccc2c1. The molecule has 0 aliphatic carbocycles. The summed E-state index contributed by atoms with van der Waals surface area (Å²) < 4.78 is 11.4. The number of nitrogens with one attached hydrogen (secondary N) is 2. The van der Waals surface area contributed by atoms with Crippen molar-refractivity contribution >= 4 is 22.6 Å². The molecule has 0 saturated carbocycles. The summed E-state index contributed by atoms with van der Waals surface area (Å²) in [6.07, 6.45) is -0.306. The molecule has 1 unspecified atom stereocenters. The molecule has 0 bridgehead atoms. The fourth-order valence-corrected chi connectivity index (χ4v) is 3.50. The smallest absolute Gasteiger partial charge is 0.279 e. The van der Waals surface area contributed by atoms with Crippen molar-refractivity contribution < 1.29 is 19.1 Å². The van der Waals surface area contributed by atoms with Crippen LogP contribution in [0.25, 0.3) is 21.9 Å². The normalized spacial score (nSPS) is 11.4. The molecule has 1 atom stereocenters. The van der Waals surface area contributed by atoms with Crippen LogP contribution in [0, 0.1) is 0 Å². The quantitative estimate of drug-likeness (QED) is 0.372. The Morgan fingerprint density at radius 2 is 1.38 bits per heavy atom. The highest BCUT2D eigenvalue weighted by atomic mass is 16.5. The molecule has 4 aromatic carbocycles. The van der Waals surface area contributed by atoms with E-state index in [-0.39, 0.29) is 6.61 Å². The second-order valence-electron chi connectivity index (χ2n) is 7.74. The molecule has 2 N–H and O–H groups in total. The Hall–Kier alpha value is -4.32. The van der Waals surface area contributed by atoms with Gasteiger partial charge in [-0.05, 0) is 52.6 Å². The highest BCUT2D eigenvalue weighted by molar-refractivity contribution is 5.86. The van der Waals surface area contributed by atoms with Gasteiger partial charge in [0.05, 0.1) is 0 Å². The number of carbonyl (C=O) groups excluding carboxylic acids is 2. The average molecular weight is 455 g/mol. The number of hydrogen-bond acceptors (Lipinski definition) is 4. The van der Waals surface area contributed by atoms with Crippen molar-refractivity contribution in [2.45, 2.75) is 19.4 Å². The van der Waals surface area contributed by atoms with Crippen LogP contribution in [-0.2, 0) is 9.59 Å². The van der Waals surface area contributed by atoms with Crippen LogP contribution >= 0.6 is 0 Å². The van der Waals surface area contributed by atoms with E-state index in [1.54, 1.807) is 6.07 Å². The molecule has 172 valence electrons.